The van der Waals surface area contributed by atoms with Crippen molar-refractivity contribution in [3.8, 4) is 17.3 Å². The van der Waals surface area contributed by atoms with E-state index in [-0.39, 0.29) is 5.82 Å². The van der Waals surface area contributed by atoms with Crippen LogP contribution in [0.5, 0.6) is 11.6 Å². The summed E-state index contributed by atoms with van der Waals surface area (Å²) >= 11 is 0. The molecule has 1 aromatic heterocycles. The van der Waals surface area contributed by atoms with Gasteiger partial charge in [0, 0.05) is 25.9 Å². The second kappa shape index (κ2) is 8.03. The topological polar surface area (TPSA) is 42.6 Å². The fraction of sp³-hybridized carbons (Fsp3) is 0.238. The number of ether oxygens (including phenoxy) is 1. The summed E-state index contributed by atoms with van der Waals surface area (Å²) in [5.74, 6) is 0.935. The van der Waals surface area contributed by atoms with Gasteiger partial charge in [-0.3, -0.25) is 0 Å². The minimum Gasteiger partial charge on any atom is -0.437 e. The Kier molecular flexibility index (Phi) is 5.54. The molecule has 0 amide bonds. The molecule has 0 unspecified atom stereocenters. The van der Waals surface area contributed by atoms with Crippen LogP contribution in [0.4, 0.5) is 10.1 Å². The van der Waals surface area contributed by atoms with Gasteiger partial charge in [-0.05, 0) is 68.3 Å². The van der Waals surface area contributed by atoms with E-state index < -0.39 is 0 Å². The number of aliphatic imine (C=N–C) groups is 1. The Morgan fingerprint density at radius 1 is 1.15 bits per heavy atom. The summed E-state index contributed by atoms with van der Waals surface area (Å²) in [6.45, 7) is 6.96. The van der Waals surface area contributed by atoms with Gasteiger partial charge >= 0.3 is 0 Å². The Labute approximate surface area is 158 Å². The Hall–Kier alpha value is -3.15. The van der Waals surface area contributed by atoms with Gasteiger partial charge in [-0.25, -0.2) is 14.1 Å². The second-order valence-electron chi connectivity index (χ2n) is 6.40. The fourth-order valence-electron chi connectivity index (χ4n) is 2.48. The minimum atomic E-state index is -0.277. The zero-order valence-electron chi connectivity index (χ0n) is 16.0. The second-order valence-corrected chi connectivity index (χ2v) is 6.40. The molecule has 0 fully saturated rings. The highest BCUT2D eigenvalue weighted by Crippen LogP contribution is 2.31. The van der Waals surface area contributed by atoms with E-state index in [0.717, 1.165) is 34.8 Å². The summed E-state index contributed by atoms with van der Waals surface area (Å²) in [4.78, 5) is 6.55. The Morgan fingerprint density at radius 2 is 1.89 bits per heavy atom. The maximum atomic E-state index is 13.1. The van der Waals surface area contributed by atoms with Crippen LogP contribution in [0.2, 0.25) is 0 Å². The molecule has 2 aromatic carbocycles. The Bertz CT molecular complexity index is 947. The van der Waals surface area contributed by atoms with Crippen molar-refractivity contribution in [1.82, 2.24) is 14.7 Å². The molecule has 0 saturated heterocycles. The highest BCUT2D eigenvalue weighted by Gasteiger charge is 2.09. The van der Waals surface area contributed by atoms with Crippen LogP contribution in [0.25, 0.3) is 5.69 Å². The molecule has 1 heterocycles. The first-order valence-electron chi connectivity index (χ1n) is 8.81. The molecule has 27 heavy (non-hydrogen) atoms. The van der Waals surface area contributed by atoms with E-state index in [1.165, 1.54) is 12.1 Å². The predicted molar refractivity (Wildman–Crippen MR) is 106 cm³/mol. The predicted octanol–water partition coefficient (Wildman–Crippen LogP) is 5.03. The van der Waals surface area contributed by atoms with Gasteiger partial charge in [-0.15, -0.1) is 5.10 Å². The summed E-state index contributed by atoms with van der Waals surface area (Å²) < 4.78 is 20.7. The monoisotopic (exact) mass is 366 g/mol. The summed E-state index contributed by atoms with van der Waals surface area (Å²) in [5.41, 5.74) is 3.68. The van der Waals surface area contributed by atoms with Crippen LogP contribution in [-0.4, -0.2) is 34.6 Å². The molecular formula is C21H23FN4O. The van der Waals surface area contributed by atoms with E-state index in [1.807, 2.05) is 44.3 Å². The Balaban J connectivity index is 1.79. The van der Waals surface area contributed by atoms with Crippen LogP contribution in [0.15, 0.2) is 53.7 Å². The molecule has 0 atom stereocenters. The van der Waals surface area contributed by atoms with E-state index in [0.29, 0.717) is 5.88 Å². The van der Waals surface area contributed by atoms with Crippen LogP contribution in [0.1, 0.15) is 18.1 Å². The average Bonchev–Trinajstić information content (AvgIpc) is 3.12. The van der Waals surface area contributed by atoms with E-state index in [4.69, 9.17) is 4.74 Å². The standard InChI is InChI=1S/C21H23FN4O/c1-5-25(4)14-23-19-12-16(3)20(13-15(19)2)27-21-10-11-26(24-21)18-8-6-17(22)7-9-18/h6-14H,5H2,1-4H3/b23-14+. The lowest BCUT2D eigenvalue weighted by atomic mass is 10.1. The normalized spacial score (nSPS) is 11.1. The quantitative estimate of drug-likeness (QED) is 0.454. The SMILES string of the molecule is CCN(C)/C=N/c1cc(C)c(Oc2ccn(-c3ccc(F)cc3)n2)cc1C. The summed E-state index contributed by atoms with van der Waals surface area (Å²) in [6, 6.07) is 11.9. The van der Waals surface area contributed by atoms with Gasteiger partial charge in [-0.1, -0.05) is 0 Å². The van der Waals surface area contributed by atoms with Crippen LogP contribution < -0.4 is 4.74 Å². The first-order valence-corrected chi connectivity index (χ1v) is 8.81. The lowest BCUT2D eigenvalue weighted by Crippen LogP contribution is -2.14. The maximum Gasteiger partial charge on any atom is 0.238 e. The lowest BCUT2D eigenvalue weighted by Gasteiger charge is -2.11. The number of aromatic nitrogens is 2. The van der Waals surface area contributed by atoms with Gasteiger partial charge in [0.25, 0.3) is 0 Å². The number of nitrogens with zero attached hydrogens (tertiary/aromatic N) is 4. The van der Waals surface area contributed by atoms with Crippen molar-refractivity contribution in [3.63, 3.8) is 0 Å². The molecule has 6 heteroatoms. The summed E-state index contributed by atoms with van der Waals surface area (Å²) in [5, 5.41) is 4.40. The van der Waals surface area contributed by atoms with Crippen molar-refractivity contribution in [2.24, 2.45) is 4.99 Å². The van der Waals surface area contributed by atoms with Crippen molar-refractivity contribution in [2.75, 3.05) is 13.6 Å². The molecule has 0 spiro atoms. The van der Waals surface area contributed by atoms with Gasteiger partial charge in [0.15, 0.2) is 0 Å². The zero-order chi connectivity index (χ0) is 19.4. The lowest BCUT2D eigenvalue weighted by molar-refractivity contribution is 0.454. The number of halogens is 1. The van der Waals surface area contributed by atoms with E-state index >= 15 is 0 Å². The van der Waals surface area contributed by atoms with Crippen molar-refractivity contribution >= 4 is 12.0 Å². The molecule has 140 valence electrons. The van der Waals surface area contributed by atoms with Crippen LogP contribution in [0, 0.1) is 19.7 Å². The minimum absolute atomic E-state index is 0.277. The van der Waals surface area contributed by atoms with Crippen LogP contribution in [-0.2, 0) is 0 Å². The van der Waals surface area contributed by atoms with Gasteiger partial charge in [0.05, 0.1) is 17.7 Å². The number of hydrogen-bond acceptors (Lipinski definition) is 3. The van der Waals surface area contributed by atoms with Crippen molar-refractivity contribution in [3.05, 3.63) is 65.6 Å². The third-order valence-electron chi connectivity index (χ3n) is 4.26. The van der Waals surface area contributed by atoms with Gasteiger partial charge in [0.2, 0.25) is 5.88 Å². The third kappa shape index (κ3) is 4.53. The Morgan fingerprint density at radius 3 is 2.59 bits per heavy atom. The number of benzene rings is 2. The molecule has 5 nitrogen and oxygen atoms in total. The molecule has 0 saturated carbocycles. The molecule has 3 rings (SSSR count). The maximum absolute atomic E-state index is 13.1. The molecule has 0 radical (unpaired) electrons. The highest BCUT2D eigenvalue weighted by molar-refractivity contribution is 5.64. The molecular weight excluding hydrogens is 343 g/mol. The number of aryl methyl sites for hydroxylation is 2. The van der Waals surface area contributed by atoms with Gasteiger partial charge < -0.3 is 9.64 Å². The largest absolute Gasteiger partial charge is 0.437 e. The first kappa shape index (κ1) is 18.6. The van der Waals surface area contributed by atoms with E-state index in [2.05, 4.69) is 17.0 Å². The summed E-state index contributed by atoms with van der Waals surface area (Å²) in [7, 11) is 1.99. The van der Waals surface area contributed by atoms with Gasteiger partial charge in [0.1, 0.15) is 11.6 Å². The average molecular weight is 366 g/mol. The molecule has 0 aliphatic carbocycles. The molecule has 0 aliphatic rings. The van der Waals surface area contributed by atoms with Crippen LogP contribution in [0.3, 0.4) is 0 Å². The number of rotatable bonds is 6. The summed E-state index contributed by atoms with van der Waals surface area (Å²) in [6.07, 6.45) is 3.61. The first-order chi connectivity index (χ1) is 13.0. The van der Waals surface area contributed by atoms with Gasteiger partial charge in [-0.2, -0.15) is 0 Å². The number of hydrogen-bond donors (Lipinski definition) is 0. The molecule has 0 bridgehead atoms. The molecule has 0 aliphatic heterocycles. The van der Waals surface area contributed by atoms with E-state index in [1.54, 1.807) is 29.1 Å². The highest BCUT2D eigenvalue weighted by atomic mass is 19.1. The van der Waals surface area contributed by atoms with E-state index in [9.17, 15) is 4.39 Å². The molecule has 3 aromatic rings. The van der Waals surface area contributed by atoms with Crippen LogP contribution >= 0.6 is 0 Å². The smallest absolute Gasteiger partial charge is 0.238 e. The third-order valence-corrected chi connectivity index (χ3v) is 4.26. The van der Waals surface area contributed by atoms with Crippen molar-refractivity contribution < 1.29 is 9.13 Å². The molecule has 0 N–H and O–H groups in total. The van der Waals surface area contributed by atoms with Crippen molar-refractivity contribution in [1.29, 1.82) is 0 Å². The fourth-order valence-corrected chi connectivity index (χ4v) is 2.48. The zero-order valence-corrected chi connectivity index (χ0v) is 16.0. The van der Waals surface area contributed by atoms with Crippen molar-refractivity contribution in [2.45, 2.75) is 20.8 Å².